The molecule has 92 valence electrons. The molecule has 1 heterocycles. The van der Waals surface area contributed by atoms with E-state index in [1.54, 1.807) is 12.4 Å². The number of pyridine rings is 1. The first-order valence-corrected chi connectivity index (χ1v) is 5.48. The standard InChI is InChI=1S/C12H16N2O3/c1-9(15)14-11(12(16)17)4-2-3-10-5-7-13-8-6-10/h5-8,11H,2-4H2,1H3,(H,14,15)(H,16,17). The number of hydrogen-bond acceptors (Lipinski definition) is 3. The van der Waals surface area contributed by atoms with Gasteiger partial charge in [-0.2, -0.15) is 0 Å². The summed E-state index contributed by atoms with van der Waals surface area (Å²) in [5, 5.41) is 11.3. The summed E-state index contributed by atoms with van der Waals surface area (Å²) in [4.78, 5) is 25.6. The summed E-state index contributed by atoms with van der Waals surface area (Å²) in [5.41, 5.74) is 1.12. The van der Waals surface area contributed by atoms with E-state index in [0.29, 0.717) is 12.8 Å². The van der Waals surface area contributed by atoms with Crippen molar-refractivity contribution < 1.29 is 14.7 Å². The second kappa shape index (κ2) is 6.62. The van der Waals surface area contributed by atoms with Gasteiger partial charge in [0.1, 0.15) is 6.04 Å². The number of nitrogens with zero attached hydrogens (tertiary/aromatic N) is 1. The first-order chi connectivity index (χ1) is 8.09. The van der Waals surface area contributed by atoms with Crippen LogP contribution in [0.3, 0.4) is 0 Å². The highest BCUT2D eigenvalue weighted by atomic mass is 16.4. The van der Waals surface area contributed by atoms with E-state index in [1.165, 1.54) is 6.92 Å². The van der Waals surface area contributed by atoms with E-state index in [4.69, 9.17) is 5.11 Å². The van der Waals surface area contributed by atoms with Gasteiger partial charge in [-0.25, -0.2) is 4.79 Å². The van der Waals surface area contributed by atoms with Crippen LogP contribution >= 0.6 is 0 Å². The number of carbonyl (C=O) groups is 2. The van der Waals surface area contributed by atoms with Crippen molar-refractivity contribution in [2.75, 3.05) is 0 Å². The summed E-state index contributed by atoms with van der Waals surface area (Å²) in [5.74, 6) is -1.31. The number of carbonyl (C=O) groups excluding carboxylic acids is 1. The summed E-state index contributed by atoms with van der Waals surface area (Å²) < 4.78 is 0. The third kappa shape index (κ3) is 5.10. The molecular weight excluding hydrogens is 220 g/mol. The molecule has 1 amide bonds. The molecule has 0 saturated heterocycles. The second-order valence-corrected chi connectivity index (χ2v) is 3.84. The lowest BCUT2D eigenvalue weighted by molar-refractivity contribution is -0.141. The van der Waals surface area contributed by atoms with E-state index in [0.717, 1.165) is 12.0 Å². The predicted octanol–water partition coefficient (Wildman–Crippen LogP) is 0.994. The van der Waals surface area contributed by atoms with Crippen LogP contribution in [0.5, 0.6) is 0 Å². The Morgan fingerprint density at radius 2 is 2.06 bits per heavy atom. The van der Waals surface area contributed by atoms with E-state index in [9.17, 15) is 9.59 Å². The van der Waals surface area contributed by atoms with Gasteiger partial charge in [-0.15, -0.1) is 0 Å². The van der Waals surface area contributed by atoms with Crippen molar-refractivity contribution in [1.29, 1.82) is 0 Å². The minimum atomic E-state index is -0.991. The van der Waals surface area contributed by atoms with Crippen LogP contribution in [0.25, 0.3) is 0 Å². The van der Waals surface area contributed by atoms with Gasteiger partial charge in [-0.05, 0) is 37.0 Å². The van der Waals surface area contributed by atoms with Gasteiger partial charge in [0.2, 0.25) is 5.91 Å². The van der Waals surface area contributed by atoms with Gasteiger partial charge in [0.15, 0.2) is 0 Å². The third-order valence-electron chi connectivity index (χ3n) is 2.38. The maximum absolute atomic E-state index is 10.9. The van der Waals surface area contributed by atoms with Gasteiger partial charge in [0.05, 0.1) is 0 Å². The Labute approximate surface area is 99.9 Å². The minimum absolute atomic E-state index is 0.318. The van der Waals surface area contributed by atoms with Crippen LogP contribution in [0.1, 0.15) is 25.3 Å². The molecule has 0 fully saturated rings. The average Bonchev–Trinajstić information content (AvgIpc) is 2.28. The molecule has 0 spiro atoms. The summed E-state index contributed by atoms with van der Waals surface area (Å²) in [6, 6.07) is 3.00. The number of aliphatic carboxylic acids is 1. The van der Waals surface area contributed by atoms with E-state index in [1.807, 2.05) is 12.1 Å². The molecule has 5 heteroatoms. The number of aryl methyl sites for hydroxylation is 1. The number of rotatable bonds is 6. The molecule has 1 unspecified atom stereocenters. The van der Waals surface area contributed by atoms with Gasteiger partial charge in [0.25, 0.3) is 0 Å². The average molecular weight is 236 g/mol. The highest BCUT2D eigenvalue weighted by Gasteiger charge is 2.17. The Bertz CT molecular complexity index is 379. The molecule has 0 aliphatic carbocycles. The summed E-state index contributed by atoms with van der Waals surface area (Å²) in [7, 11) is 0. The molecule has 1 rings (SSSR count). The normalized spacial score (nSPS) is 11.8. The number of aromatic nitrogens is 1. The molecule has 0 aromatic carbocycles. The zero-order valence-electron chi connectivity index (χ0n) is 9.72. The van der Waals surface area contributed by atoms with Crippen molar-refractivity contribution in [2.24, 2.45) is 0 Å². The first-order valence-electron chi connectivity index (χ1n) is 5.48. The largest absolute Gasteiger partial charge is 0.480 e. The van der Waals surface area contributed by atoms with Crippen LogP contribution in [0.2, 0.25) is 0 Å². The van der Waals surface area contributed by atoms with E-state index in [-0.39, 0.29) is 5.91 Å². The Hall–Kier alpha value is -1.91. The molecule has 1 atom stereocenters. The van der Waals surface area contributed by atoms with E-state index < -0.39 is 12.0 Å². The van der Waals surface area contributed by atoms with Crippen LogP contribution in [0.4, 0.5) is 0 Å². The molecule has 1 aromatic rings. The predicted molar refractivity (Wildman–Crippen MR) is 62.4 cm³/mol. The monoisotopic (exact) mass is 236 g/mol. The molecule has 0 aliphatic heterocycles. The van der Waals surface area contributed by atoms with Crippen LogP contribution in [-0.4, -0.2) is 28.0 Å². The lowest BCUT2D eigenvalue weighted by atomic mass is 10.1. The maximum atomic E-state index is 10.9. The van der Waals surface area contributed by atoms with Crippen LogP contribution in [0, 0.1) is 0 Å². The molecule has 1 aromatic heterocycles. The fourth-order valence-corrected chi connectivity index (χ4v) is 1.56. The van der Waals surface area contributed by atoms with Crippen molar-refractivity contribution in [3.05, 3.63) is 30.1 Å². The number of amides is 1. The fraction of sp³-hybridized carbons (Fsp3) is 0.417. The zero-order chi connectivity index (χ0) is 12.7. The fourth-order valence-electron chi connectivity index (χ4n) is 1.56. The molecule has 0 bridgehead atoms. The SMILES string of the molecule is CC(=O)NC(CCCc1ccncc1)C(=O)O. The molecule has 5 nitrogen and oxygen atoms in total. The maximum Gasteiger partial charge on any atom is 0.326 e. The topological polar surface area (TPSA) is 79.3 Å². The van der Waals surface area contributed by atoms with E-state index in [2.05, 4.69) is 10.3 Å². The van der Waals surface area contributed by atoms with Crippen molar-refractivity contribution in [2.45, 2.75) is 32.2 Å². The Morgan fingerprint density at radius 1 is 1.41 bits per heavy atom. The third-order valence-corrected chi connectivity index (χ3v) is 2.38. The highest BCUT2D eigenvalue weighted by molar-refractivity contribution is 5.81. The molecule has 0 saturated carbocycles. The lowest BCUT2D eigenvalue weighted by Gasteiger charge is -2.12. The van der Waals surface area contributed by atoms with E-state index >= 15 is 0 Å². The van der Waals surface area contributed by atoms with Crippen molar-refractivity contribution in [1.82, 2.24) is 10.3 Å². The van der Waals surface area contributed by atoms with Gasteiger partial charge < -0.3 is 10.4 Å². The van der Waals surface area contributed by atoms with Crippen LogP contribution < -0.4 is 5.32 Å². The zero-order valence-corrected chi connectivity index (χ0v) is 9.72. The Morgan fingerprint density at radius 3 is 2.59 bits per heavy atom. The van der Waals surface area contributed by atoms with Crippen molar-refractivity contribution >= 4 is 11.9 Å². The molecule has 2 N–H and O–H groups in total. The number of nitrogens with one attached hydrogen (secondary N) is 1. The summed E-state index contributed by atoms with van der Waals surface area (Å²) in [6.07, 6.45) is 5.33. The Balaban J connectivity index is 2.37. The number of hydrogen-bond donors (Lipinski definition) is 2. The molecular formula is C12H16N2O3. The first kappa shape index (κ1) is 13.2. The van der Waals surface area contributed by atoms with Gasteiger partial charge in [-0.1, -0.05) is 0 Å². The molecule has 17 heavy (non-hydrogen) atoms. The Kier molecular flexibility index (Phi) is 5.13. The van der Waals surface area contributed by atoms with Crippen molar-refractivity contribution in [3.8, 4) is 0 Å². The molecule has 0 radical (unpaired) electrons. The van der Waals surface area contributed by atoms with Crippen molar-refractivity contribution in [3.63, 3.8) is 0 Å². The molecule has 0 aliphatic rings. The summed E-state index contributed by atoms with van der Waals surface area (Å²) in [6.45, 7) is 1.32. The number of carboxylic acid groups (broad SMARTS) is 1. The van der Waals surface area contributed by atoms with Crippen LogP contribution in [0.15, 0.2) is 24.5 Å². The van der Waals surface area contributed by atoms with Crippen LogP contribution in [-0.2, 0) is 16.0 Å². The highest BCUT2D eigenvalue weighted by Crippen LogP contribution is 2.06. The minimum Gasteiger partial charge on any atom is -0.480 e. The quantitative estimate of drug-likeness (QED) is 0.772. The van der Waals surface area contributed by atoms with Gasteiger partial charge in [0, 0.05) is 19.3 Å². The smallest absolute Gasteiger partial charge is 0.326 e. The second-order valence-electron chi connectivity index (χ2n) is 3.84. The lowest BCUT2D eigenvalue weighted by Crippen LogP contribution is -2.39. The van der Waals surface area contributed by atoms with Gasteiger partial charge >= 0.3 is 5.97 Å². The van der Waals surface area contributed by atoms with Gasteiger partial charge in [-0.3, -0.25) is 9.78 Å². The number of carboxylic acids is 1. The summed E-state index contributed by atoms with van der Waals surface area (Å²) >= 11 is 0.